The molecule has 0 saturated heterocycles. The molecule has 0 heterocycles. The van der Waals surface area contributed by atoms with Gasteiger partial charge in [0.25, 0.3) is 0 Å². The van der Waals surface area contributed by atoms with E-state index in [9.17, 15) is 0 Å². The zero-order chi connectivity index (χ0) is 21.6. The molecule has 0 radical (unpaired) electrons. The summed E-state index contributed by atoms with van der Waals surface area (Å²) in [6, 6.07) is 1.34. The van der Waals surface area contributed by atoms with Crippen LogP contribution >= 0.6 is 0 Å². The summed E-state index contributed by atoms with van der Waals surface area (Å²) in [5, 5.41) is 0. The number of nitrogens with zero attached hydrogens (tertiary/aromatic N) is 1. The number of quaternary nitrogens is 1. The predicted octanol–water partition coefficient (Wildman–Crippen LogP) is 8.10. The van der Waals surface area contributed by atoms with Crippen molar-refractivity contribution in [2.75, 3.05) is 33.8 Å². The van der Waals surface area contributed by atoms with E-state index in [1.54, 1.807) is 0 Å². The highest BCUT2D eigenvalue weighted by Gasteiger charge is 2.15. The summed E-state index contributed by atoms with van der Waals surface area (Å²) in [5.41, 5.74) is 0. The van der Waals surface area contributed by atoms with E-state index < -0.39 is 9.04 Å². The number of hydrogen-bond donors (Lipinski definition) is 0. The van der Waals surface area contributed by atoms with Crippen molar-refractivity contribution >= 4 is 9.04 Å². The molecule has 0 rings (SSSR count). The maximum Gasteiger partial charge on any atom is 0.174 e. The third-order valence-corrected chi connectivity index (χ3v) is 8.57. The summed E-state index contributed by atoms with van der Waals surface area (Å²) in [4.78, 5) is 0. The average Bonchev–Trinajstić information content (AvgIpc) is 2.67. The zero-order valence-corrected chi connectivity index (χ0v) is 22.4. The Balaban J connectivity index is 3.29. The normalized spacial score (nSPS) is 13.1. The van der Waals surface area contributed by atoms with E-state index in [1.807, 2.05) is 0 Å². The molecule has 0 aliphatic heterocycles. The average molecular weight is 429 g/mol. The Morgan fingerprint density at radius 2 is 0.931 bits per heavy atom. The molecular formula is C26H58NOSi+. The predicted molar refractivity (Wildman–Crippen MR) is 135 cm³/mol. The van der Waals surface area contributed by atoms with Crippen molar-refractivity contribution in [2.24, 2.45) is 0 Å². The molecule has 0 aromatic rings. The van der Waals surface area contributed by atoms with Crippen LogP contribution in [0, 0.1) is 0 Å². The second-order valence-corrected chi connectivity index (χ2v) is 12.6. The summed E-state index contributed by atoms with van der Waals surface area (Å²) < 4.78 is 6.98. The Morgan fingerprint density at radius 1 is 0.552 bits per heavy atom. The molecule has 1 unspecified atom stereocenters. The van der Waals surface area contributed by atoms with Crippen LogP contribution in [0.4, 0.5) is 0 Å². The van der Waals surface area contributed by atoms with Crippen LogP contribution in [0.1, 0.15) is 123 Å². The minimum atomic E-state index is -0.869. The van der Waals surface area contributed by atoms with Gasteiger partial charge in [-0.2, -0.15) is 0 Å². The molecule has 0 aliphatic rings. The van der Waals surface area contributed by atoms with E-state index in [0.29, 0.717) is 0 Å². The van der Waals surface area contributed by atoms with Gasteiger partial charge in [-0.25, -0.2) is 0 Å². The minimum Gasteiger partial charge on any atom is -0.421 e. The molecule has 0 aromatic carbocycles. The Bertz CT molecular complexity index is 322. The van der Waals surface area contributed by atoms with E-state index in [4.69, 9.17) is 4.43 Å². The summed E-state index contributed by atoms with van der Waals surface area (Å²) in [7, 11) is 3.96. The largest absolute Gasteiger partial charge is 0.421 e. The summed E-state index contributed by atoms with van der Waals surface area (Å²) in [5.74, 6) is 0. The molecule has 0 aliphatic carbocycles. The first-order chi connectivity index (χ1) is 14.0. The molecule has 176 valence electrons. The third-order valence-electron chi connectivity index (χ3n) is 6.44. The highest BCUT2D eigenvalue weighted by molar-refractivity contribution is 6.50. The number of unbranched alkanes of at least 4 members (excludes halogenated alkanes) is 15. The highest BCUT2D eigenvalue weighted by Crippen LogP contribution is 2.14. The van der Waals surface area contributed by atoms with E-state index >= 15 is 0 Å². The van der Waals surface area contributed by atoms with Crippen molar-refractivity contribution in [3.05, 3.63) is 0 Å². The maximum absolute atomic E-state index is 5.78. The summed E-state index contributed by atoms with van der Waals surface area (Å²) >= 11 is 0. The molecule has 1 atom stereocenters. The third kappa shape index (κ3) is 22.6. The van der Waals surface area contributed by atoms with Crippen molar-refractivity contribution in [3.63, 3.8) is 0 Å². The Hall–Kier alpha value is 0.137. The van der Waals surface area contributed by atoms with Crippen LogP contribution in [-0.4, -0.2) is 47.3 Å². The topological polar surface area (TPSA) is 9.23 Å². The van der Waals surface area contributed by atoms with Gasteiger partial charge in [0.05, 0.1) is 27.2 Å². The van der Waals surface area contributed by atoms with Crippen LogP contribution < -0.4 is 0 Å². The number of hydrogen-bond acceptors (Lipinski definition) is 1. The Morgan fingerprint density at radius 3 is 1.34 bits per heavy atom. The minimum absolute atomic E-state index is 0.869. The molecule has 2 nitrogen and oxygen atoms in total. The molecule has 3 heteroatoms. The van der Waals surface area contributed by atoms with Gasteiger partial charge in [-0.05, 0) is 38.8 Å². The van der Waals surface area contributed by atoms with E-state index in [-0.39, 0.29) is 0 Å². The molecule has 0 fully saturated rings. The maximum atomic E-state index is 5.78. The van der Waals surface area contributed by atoms with Crippen LogP contribution in [-0.2, 0) is 4.43 Å². The highest BCUT2D eigenvalue weighted by atomic mass is 28.3. The Kier molecular flexibility index (Phi) is 21.5. The van der Waals surface area contributed by atoms with Crippen molar-refractivity contribution in [1.29, 1.82) is 0 Å². The SMILES string of the molecule is CCCCCCCCCCCCCCCCCC[N+](C)(C)CCC[SiH](C)OCC. The molecule has 0 aromatic heterocycles. The molecule has 29 heavy (non-hydrogen) atoms. The molecule has 0 saturated carbocycles. The first kappa shape index (κ1) is 29.1. The first-order valence-corrected chi connectivity index (χ1v) is 15.9. The van der Waals surface area contributed by atoms with Crippen molar-refractivity contribution in [1.82, 2.24) is 0 Å². The van der Waals surface area contributed by atoms with Crippen molar-refractivity contribution < 1.29 is 8.91 Å². The van der Waals surface area contributed by atoms with Gasteiger partial charge in [0, 0.05) is 6.61 Å². The van der Waals surface area contributed by atoms with Gasteiger partial charge in [-0.3, -0.25) is 0 Å². The van der Waals surface area contributed by atoms with Crippen LogP contribution in [0.5, 0.6) is 0 Å². The quantitative estimate of drug-likeness (QED) is 0.0907. The van der Waals surface area contributed by atoms with Crippen LogP contribution in [0.15, 0.2) is 0 Å². The lowest BCUT2D eigenvalue weighted by atomic mass is 10.0. The van der Waals surface area contributed by atoms with Crippen molar-refractivity contribution in [2.45, 2.75) is 136 Å². The standard InChI is InChI=1S/C26H58NOSi/c1-6-8-9-10-11-12-13-14-15-16-17-18-19-20-21-22-24-27(3,4)25-23-26-29(5)28-7-2/h29H,6-26H2,1-5H3/q+1. The van der Waals surface area contributed by atoms with Gasteiger partial charge >= 0.3 is 0 Å². The van der Waals surface area contributed by atoms with Gasteiger partial charge in [0.15, 0.2) is 9.04 Å². The van der Waals surface area contributed by atoms with Crippen molar-refractivity contribution in [3.8, 4) is 0 Å². The lowest BCUT2D eigenvalue weighted by Gasteiger charge is -2.30. The lowest BCUT2D eigenvalue weighted by molar-refractivity contribution is -0.890. The van der Waals surface area contributed by atoms with E-state index in [2.05, 4.69) is 34.5 Å². The second-order valence-electron chi connectivity index (χ2n) is 10.1. The lowest BCUT2D eigenvalue weighted by Crippen LogP contribution is -2.41. The second kappa shape index (κ2) is 21.4. The van der Waals surface area contributed by atoms with Gasteiger partial charge in [-0.15, -0.1) is 0 Å². The monoisotopic (exact) mass is 428 g/mol. The molecule has 0 bridgehead atoms. The van der Waals surface area contributed by atoms with Crippen LogP contribution in [0.3, 0.4) is 0 Å². The van der Waals surface area contributed by atoms with Gasteiger partial charge in [0.1, 0.15) is 0 Å². The fourth-order valence-electron chi connectivity index (χ4n) is 4.37. The van der Waals surface area contributed by atoms with Crippen LogP contribution in [0.25, 0.3) is 0 Å². The number of rotatable bonds is 23. The van der Waals surface area contributed by atoms with Gasteiger partial charge in [0.2, 0.25) is 0 Å². The summed E-state index contributed by atoms with van der Waals surface area (Å²) in [6.07, 6.45) is 24.6. The van der Waals surface area contributed by atoms with Gasteiger partial charge in [-0.1, -0.05) is 96.8 Å². The fraction of sp³-hybridized carbons (Fsp3) is 1.00. The zero-order valence-electron chi connectivity index (χ0n) is 21.3. The van der Waals surface area contributed by atoms with E-state index in [0.717, 1.165) is 6.61 Å². The fourth-order valence-corrected chi connectivity index (χ4v) is 5.87. The Labute approximate surface area is 187 Å². The van der Waals surface area contributed by atoms with E-state index in [1.165, 1.54) is 133 Å². The van der Waals surface area contributed by atoms with Crippen LogP contribution in [0.2, 0.25) is 12.6 Å². The molecule has 0 N–H and O–H groups in total. The molecule has 0 spiro atoms. The molecule has 0 amide bonds. The molecular weight excluding hydrogens is 370 g/mol. The smallest absolute Gasteiger partial charge is 0.174 e. The van der Waals surface area contributed by atoms with Gasteiger partial charge < -0.3 is 8.91 Å². The first-order valence-electron chi connectivity index (χ1n) is 13.5. The summed E-state index contributed by atoms with van der Waals surface area (Å²) in [6.45, 7) is 10.4.